The molecule has 2 rings (SSSR count). The average Bonchev–Trinajstić information content (AvgIpc) is 2.36. The number of phenols is 1. The monoisotopic (exact) mass is 260 g/mol. The Morgan fingerprint density at radius 1 is 1.11 bits per heavy atom. The summed E-state index contributed by atoms with van der Waals surface area (Å²) in [5.41, 5.74) is 1.66. The van der Waals surface area contributed by atoms with Crippen molar-refractivity contribution in [3.8, 4) is 5.75 Å². The van der Waals surface area contributed by atoms with Gasteiger partial charge in [-0.2, -0.15) is 0 Å². The molecule has 3 N–H and O–H groups in total. The molecule has 5 heteroatoms. The molecule has 0 atom stereocenters. The summed E-state index contributed by atoms with van der Waals surface area (Å²) in [5, 5.41) is 14.7. The van der Waals surface area contributed by atoms with Crippen LogP contribution in [0.1, 0.15) is 5.56 Å². The van der Waals surface area contributed by atoms with Gasteiger partial charge < -0.3 is 15.7 Å². The summed E-state index contributed by atoms with van der Waals surface area (Å²) in [5.74, 6) is -0.378. The van der Waals surface area contributed by atoms with E-state index in [1.165, 1.54) is 24.3 Å². The maximum Gasteiger partial charge on any atom is 0.323 e. The second-order valence-corrected chi connectivity index (χ2v) is 4.11. The predicted octanol–water partition coefficient (Wildman–Crippen LogP) is 3.48. The zero-order valence-corrected chi connectivity index (χ0v) is 10.3. The molecule has 0 fully saturated rings. The fourth-order valence-electron chi connectivity index (χ4n) is 1.57. The zero-order chi connectivity index (χ0) is 13.8. The Hall–Kier alpha value is -2.56. The maximum atomic E-state index is 12.7. The second kappa shape index (κ2) is 5.39. The van der Waals surface area contributed by atoms with Gasteiger partial charge in [0.1, 0.15) is 11.6 Å². The van der Waals surface area contributed by atoms with Crippen molar-refractivity contribution < 1.29 is 14.3 Å². The van der Waals surface area contributed by atoms with Gasteiger partial charge in [-0.1, -0.05) is 6.07 Å². The molecular weight excluding hydrogens is 247 g/mol. The summed E-state index contributed by atoms with van der Waals surface area (Å²) < 4.78 is 12.7. The minimum Gasteiger partial charge on any atom is -0.506 e. The molecule has 0 aliphatic heterocycles. The van der Waals surface area contributed by atoms with Crippen LogP contribution in [0, 0.1) is 12.7 Å². The van der Waals surface area contributed by atoms with Gasteiger partial charge in [-0.3, -0.25) is 0 Å². The highest BCUT2D eigenvalue weighted by Crippen LogP contribution is 2.24. The standard InChI is InChI=1S/C14H13FN2O2/c1-9-2-7-12(13(18)8-9)17-14(19)16-11-5-3-10(15)4-6-11/h2-8,18H,1H3,(H2,16,17,19). The highest BCUT2D eigenvalue weighted by molar-refractivity contribution is 6.00. The lowest BCUT2D eigenvalue weighted by molar-refractivity contribution is 0.262. The van der Waals surface area contributed by atoms with Crippen LogP contribution in [0.25, 0.3) is 0 Å². The number of phenolic OH excluding ortho intramolecular Hbond substituents is 1. The summed E-state index contributed by atoms with van der Waals surface area (Å²) in [6.45, 7) is 1.84. The summed E-state index contributed by atoms with van der Waals surface area (Å²) in [6, 6.07) is 9.81. The number of urea groups is 1. The number of hydrogen-bond donors (Lipinski definition) is 3. The molecule has 2 aromatic carbocycles. The van der Waals surface area contributed by atoms with Crippen molar-refractivity contribution in [1.82, 2.24) is 0 Å². The van der Waals surface area contributed by atoms with Crippen LogP contribution in [0.15, 0.2) is 42.5 Å². The van der Waals surface area contributed by atoms with Gasteiger partial charge in [0.05, 0.1) is 5.69 Å². The molecule has 2 amide bonds. The Balaban J connectivity index is 2.03. The normalized spacial score (nSPS) is 10.0. The molecule has 98 valence electrons. The van der Waals surface area contributed by atoms with E-state index >= 15 is 0 Å². The van der Waals surface area contributed by atoms with E-state index in [0.29, 0.717) is 11.4 Å². The number of halogens is 1. The maximum absolute atomic E-state index is 12.7. The Bertz CT molecular complexity index is 597. The zero-order valence-electron chi connectivity index (χ0n) is 10.3. The van der Waals surface area contributed by atoms with Crippen LogP contribution in [0.5, 0.6) is 5.75 Å². The van der Waals surface area contributed by atoms with Gasteiger partial charge in [0.2, 0.25) is 0 Å². The number of amides is 2. The number of aromatic hydroxyl groups is 1. The summed E-state index contributed by atoms with van der Waals surface area (Å²) in [7, 11) is 0. The van der Waals surface area contributed by atoms with Crippen molar-refractivity contribution in [2.75, 3.05) is 10.6 Å². The van der Waals surface area contributed by atoms with E-state index in [1.54, 1.807) is 18.2 Å². The van der Waals surface area contributed by atoms with E-state index in [2.05, 4.69) is 10.6 Å². The molecule has 0 aromatic heterocycles. The molecule has 0 unspecified atom stereocenters. The lowest BCUT2D eigenvalue weighted by atomic mass is 10.2. The molecule has 0 saturated heterocycles. The number of rotatable bonds is 2. The Morgan fingerprint density at radius 3 is 2.42 bits per heavy atom. The molecule has 0 saturated carbocycles. The number of carbonyl (C=O) groups is 1. The van der Waals surface area contributed by atoms with Crippen molar-refractivity contribution in [1.29, 1.82) is 0 Å². The van der Waals surface area contributed by atoms with Crippen LogP contribution in [-0.2, 0) is 0 Å². The molecule has 0 heterocycles. The average molecular weight is 260 g/mol. The van der Waals surface area contributed by atoms with Gasteiger partial charge in [0.15, 0.2) is 0 Å². The molecule has 0 spiro atoms. The van der Waals surface area contributed by atoms with Crippen LogP contribution in [0.4, 0.5) is 20.6 Å². The summed E-state index contributed by atoms with van der Waals surface area (Å²) in [6.07, 6.45) is 0. The lowest BCUT2D eigenvalue weighted by Crippen LogP contribution is -2.19. The molecule has 2 aromatic rings. The van der Waals surface area contributed by atoms with Crippen molar-refractivity contribution in [2.45, 2.75) is 6.92 Å². The van der Waals surface area contributed by atoms with E-state index in [9.17, 15) is 14.3 Å². The van der Waals surface area contributed by atoms with Crippen molar-refractivity contribution in [2.24, 2.45) is 0 Å². The number of carbonyl (C=O) groups excluding carboxylic acids is 1. The van der Waals surface area contributed by atoms with E-state index in [1.807, 2.05) is 6.92 Å². The van der Waals surface area contributed by atoms with Gasteiger partial charge in [-0.15, -0.1) is 0 Å². The van der Waals surface area contributed by atoms with Crippen molar-refractivity contribution in [3.05, 3.63) is 53.8 Å². The fraction of sp³-hybridized carbons (Fsp3) is 0.0714. The Kier molecular flexibility index (Phi) is 3.66. The minimum absolute atomic E-state index is 0.00532. The van der Waals surface area contributed by atoms with Gasteiger partial charge in [-0.05, 0) is 48.9 Å². The molecule has 0 radical (unpaired) electrons. The number of hydrogen-bond acceptors (Lipinski definition) is 2. The van der Waals surface area contributed by atoms with Crippen LogP contribution in [0.3, 0.4) is 0 Å². The Morgan fingerprint density at radius 2 is 1.79 bits per heavy atom. The van der Waals surface area contributed by atoms with Crippen LogP contribution in [0.2, 0.25) is 0 Å². The van der Waals surface area contributed by atoms with Gasteiger partial charge in [-0.25, -0.2) is 9.18 Å². The third-order valence-corrected chi connectivity index (χ3v) is 2.50. The second-order valence-electron chi connectivity index (χ2n) is 4.11. The number of anilines is 2. The van der Waals surface area contributed by atoms with Gasteiger partial charge >= 0.3 is 6.03 Å². The van der Waals surface area contributed by atoms with Crippen LogP contribution >= 0.6 is 0 Å². The van der Waals surface area contributed by atoms with E-state index in [-0.39, 0.29) is 11.6 Å². The largest absolute Gasteiger partial charge is 0.506 e. The molecule has 0 aliphatic rings. The fourth-order valence-corrected chi connectivity index (χ4v) is 1.57. The smallest absolute Gasteiger partial charge is 0.323 e. The highest BCUT2D eigenvalue weighted by Gasteiger charge is 2.06. The first-order chi connectivity index (χ1) is 9.04. The van der Waals surface area contributed by atoms with E-state index < -0.39 is 6.03 Å². The lowest BCUT2D eigenvalue weighted by Gasteiger charge is -2.09. The first-order valence-corrected chi connectivity index (χ1v) is 5.68. The minimum atomic E-state index is -0.509. The Labute approximate surface area is 109 Å². The number of benzene rings is 2. The third-order valence-electron chi connectivity index (χ3n) is 2.50. The molecule has 0 aliphatic carbocycles. The van der Waals surface area contributed by atoms with Crippen molar-refractivity contribution in [3.63, 3.8) is 0 Å². The predicted molar refractivity (Wildman–Crippen MR) is 71.9 cm³/mol. The SMILES string of the molecule is Cc1ccc(NC(=O)Nc2ccc(F)cc2)c(O)c1. The molecular formula is C14H13FN2O2. The van der Waals surface area contributed by atoms with Crippen LogP contribution in [-0.4, -0.2) is 11.1 Å². The number of aryl methyl sites for hydroxylation is 1. The highest BCUT2D eigenvalue weighted by atomic mass is 19.1. The first kappa shape index (κ1) is 12.9. The summed E-state index contributed by atoms with van der Waals surface area (Å²) in [4.78, 5) is 11.7. The number of nitrogens with one attached hydrogen (secondary N) is 2. The van der Waals surface area contributed by atoms with Crippen molar-refractivity contribution >= 4 is 17.4 Å². The third kappa shape index (κ3) is 3.45. The molecule has 0 bridgehead atoms. The molecule has 19 heavy (non-hydrogen) atoms. The van der Waals surface area contributed by atoms with Crippen LogP contribution < -0.4 is 10.6 Å². The van der Waals surface area contributed by atoms with Gasteiger partial charge in [0.25, 0.3) is 0 Å². The topological polar surface area (TPSA) is 61.4 Å². The van der Waals surface area contributed by atoms with Gasteiger partial charge in [0, 0.05) is 5.69 Å². The molecule has 4 nitrogen and oxygen atoms in total. The summed E-state index contributed by atoms with van der Waals surface area (Å²) >= 11 is 0. The quantitative estimate of drug-likeness (QED) is 0.724. The van der Waals surface area contributed by atoms with E-state index in [0.717, 1.165) is 5.56 Å². The first-order valence-electron chi connectivity index (χ1n) is 5.68. The van der Waals surface area contributed by atoms with E-state index in [4.69, 9.17) is 0 Å².